The molecule has 64 valence electrons. The molecule has 1 aliphatic heterocycles. The molecule has 1 fully saturated rings. The van der Waals surface area contributed by atoms with Crippen LogP contribution in [0.25, 0.3) is 0 Å². The molecule has 0 bridgehead atoms. The molecule has 11 heavy (non-hydrogen) atoms. The molecule has 0 saturated carbocycles. The molecule has 0 unspecified atom stereocenters. The molecule has 2 atom stereocenters. The standard InChI is InChI=1S/C9H17NO/c1-6(2)9-8(11-9)5-10-7(3)4/h5-9H,1-4H3/t8-,9-/m1/s1. The van der Waals surface area contributed by atoms with E-state index in [4.69, 9.17) is 4.74 Å². The number of ether oxygens (including phenoxy) is 1. The Balaban J connectivity index is 2.23. The zero-order chi connectivity index (χ0) is 8.43. The summed E-state index contributed by atoms with van der Waals surface area (Å²) in [5.74, 6) is 0.624. The predicted octanol–water partition coefficient (Wildman–Crippen LogP) is 1.89. The summed E-state index contributed by atoms with van der Waals surface area (Å²) in [5, 5.41) is 0. The molecule has 2 nitrogen and oxygen atoms in total. The lowest BCUT2D eigenvalue weighted by Gasteiger charge is -1.94. The summed E-state index contributed by atoms with van der Waals surface area (Å²) in [4.78, 5) is 4.27. The van der Waals surface area contributed by atoms with E-state index in [0.717, 1.165) is 0 Å². The number of epoxide rings is 1. The lowest BCUT2D eigenvalue weighted by molar-refractivity contribution is 0.349. The van der Waals surface area contributed by atoms with Crippen LogP contribution in [0.4, 0.5) is 0 Å². The fraction of sp³-hybridized carbons (Fsp3) is 0.889. The van der Waals surface area contributed by atoms with Crippen LogP contribution in [-0.4, -0.2) is 24.5 Å². The topological polar surface area (TPSA) is 24.9 Å². The minimum absolute atomic E-state index is 0.303. The van der Waals surface area contributed by atoms with Crippen molar-refractivity contribution in [2.24, 2.45) is 10.9 Å². The summed E-state index contributed by atoms with van der Waals surface area (Å²) in [6, 6.07) is 0.395. The molecular formula is C9H17NO. The third-order valence-electron chi connectivity index (χ3n) is 1.75. The second kappa shape index (κ2) is 3.35. The maximum absolute atomic E-state index is 5.38. The highest BCUT2D eigenvalue weighted by atomic mass is 16.6. The number of nitrogens with zero attached hydrogens (tertiary/aromatic N) is 1. The van der Waals surface area contributed by atoms with Crippen molar-refractivity contribution in [3.63, 3.8) is 0 Å². The van der Waals surface area contributed by atoms with E-state index in [0.29, 0.717) is 24.2 Å². The average molecular weight is 155 g/mol. The largest absolute Gasteiger partial charge is 0.363 e. The third kappa shape index (κ3) is 2.62. The first-order chi connectivity index (χ1) is 5.11. The molecule has 0 aromatic rings. The van der Waals surface area contributed by atoms with Gasteiger partial charge in [0.1, 0.15) is 6.10 Å². The van der Waals surface area contributed by atoms with Crippen molar-refractivity contribution >= 4 is 6.21 Å². The van der Waals surface area contributed by atoms with Crippen LogP contribution in [0, 0.1) is 5.92 Å². The fourth-order valence-electron chi connectivity index (χ4n) is 1.05. The van der Waals surface area contributed by atoms with Gasteiger partial charge in [0.25, 0.3) is 0 Å². The van der Waals surface area contributed by atoms with Gasteiger partial charge in [0.2, 0.25) is 0 Å². The van der Waals surface area contributed by atoms with Gasteiger partial charge in [0.15, 0.2) is 0 Å². The maximum Gasteiger partial charge on any atom is 0.119 e. The number of aliphatic imine (C=N–C) groups is 1. The van der Waals surface area contributed by atoms with E-state index < -0.39 is 0 Å². The molecule has 2 heteroatoms. The van der Waals surface area contributed by atoms with Gasteiger partial charge in [-0.25, -0.2) is 0 Å². The van der Waals surface area contributed by atoms with Crippen LogP contribution in [0.15, 0.2) is 4.99 Å². The molecule has 0 spiro atoms. The molecule has 0 aliphatic carbocycles. The van der Waals surface area contributed by atoms with Crippen molar-refractivity contribution in [2.45, 2.75) is 45.9 Å². The van der Waals surface area contributed by atoms with Crippen molar-refractivity contribution in [1.29, 1.82) is 0 Å². The fourth-order valence-corrected chi connectivity index (χ4v) is 1.05. The van der Waals surface area contributed by atoms with Crippen molar-refractivity contribution in [3.8, 4) is 0 Å². The van der Waals surface area contributed by atoms with E-state index in [1.165, 1.54) is 0 Å². The molecule has 0 aromatic heterocycles. The van der Waals surface area contributed by atoms with Crippen LogP contribution >= 0.6 is 0 Å². The molecular weight excluding hydrogens is 138 g/mol. The van der Waals surface area contributed by atoms with Gasteiger partial charge in [-0.2, -0.15) is 0 Å². The van der Waals surface area contributed by atoms with Crippen LogP contribution in [0.2, 0.25) is 0 Å². The number of rotatable bonds is 3. The Bertz CT molecular complexity index is 152. The Morgan fingerprint density at radius 3 is 2.27 bits per heavy atom. The van der Waals surface area contributed by atoms with Gasteiger partial charge in [-0.1, -0.05) is 13.8 Å². The highest BCUT2D eigenvalue weighted by Crippen LogP contribution is 2.27. The summed E-state index contributed by atoms with van der Waals surface area (Å²) in [7, 11) is 0. The second-order valence-electron chi connectivity index (χ2n) is 3.70. The predicted molar refractivity (Wildman–Crippen MR) is 47.1 cm³/mol. The Morgan fingerprint density at radius 2 is 1.91 bits per heavy atom. The summed E-state index contributed by atoms with van der Waals surface area (Å²) in [6.45, 7) is 8.49. The Labute approximate surface area is 68.7 Å². The van der Waals surface area contributed by atoms with E-state index in [1.54, 1.807) is 0 Å². The van der Waals surface area contributed by atoms with Crippen molar-refractivity contribution in [2.75, 3.05) is 0 Å². The highest BCUT2D eigenvalue weighted by molar-refractivity contribution is 5.67. The van der Waals surface area contributed by atoms with Gasteiger partial charge in [0, 0.05) is 12.3 Å². The van der Waals surface area contributed by atoms with Crippen LogP contribution in [0.1, 0.15) is 27.7 Å². The Morgan fingerprint density at radius 1 is 1.27 bits per heavy atom. The van der Waals surface area contributed by atoms with Crippen molar-refractivity contribution in [1.82, 2.24) is 0 Å². The summed E-state index contributed by atoms with van der Waals surface area (Å²) < 4.78 is 5.38. The maximum atomic E-state index is 5.38. The smallest absolute Gasteiger partial charge is 0.119 e. The van der Waals surface area contributed by atoms with Gasteiger partial charge in [-0.05, 0) is 19.8 Å². The van der Waals surface area contributed by atoms with Gasteiger partial charge in [0.05, 0.1) is 6.10 Å². The summed E-state index contributed by atoms with van der Waals surface area (Å²) in [5.41, 5.74) is 0. The minimum atomic E-state index is 0.303. The first-order valence-corrected chi connectivity index (χ1v) is 4.30. The summed E-state index contributed by atoms with van der Waals surface area (Å²) >= 11 is 0. The summed E-state index contributed by atoms with van der Waals surface area (Å²) in [6.07, 6.45) is 2.67. The monoisotopic (exact) mass is 155 g/mol. The normalized spacial score (nSPS) is 30.7. The lowest BCUT2D eigenvalue weighted by Crippen LogP contribution is -2.04. The quantitative estimate of drug-likeness (QED) is 0.451. The minimum Gasteiger partial charge on any atom is -0.363 e. The van der Waals surface area contributed by atoms with E-state index >= 15 is 0 Å². The molecule has 0 N–H and O–H groups in total. The van der Waals surface area contributed by atoms with Crippen LogP contribution in [-0.2, 0) is 4.74 Å². The zero-order valence-corrected chi connectivity index (χ0v) is 7.74. The SMILES string of the molecule is CC(C)N=C[C@H]1O[C@@H]1C(C)C. The van der Waals surface area contributed by atoms with Gasteiger partial charge >= 0.3 is 0 Å². The Kier molecular flexibility index (Phi) is 2.66. The molecule has 1 aliphatic rings. The van der Waals surface area contributed by atoms with E-state index in [9.17, 15) is 0 Å². The van der Waals surface area contributed by atoms with E-state index in [1.807, 2.05) is 6.21 Å². The van der Waals surface area contributed by atoms with Crippen LogP contribution in [0.3, 0.4) is 0 Å². The molecule has 1 heterocycles. The second-order valence-corrected chi connectivity index (χ2v) is 3.70. The highest BCUT2D eigenvalue weighted by Gasteiger charge is 2.39. The molecule has 0 aromatic carbocycles. The van der Waals surface area contributed by atoms with Gasteiger partial charge in [-0.3, -0.25) is 4.99 Å². The first-order valence-electron chi connectivity index (χ1n) is 4.30. The molecule has 0 amide bonds. The van der Waals surface area contributed by atoms with Gasteiger partial charge < -0.3 is 4.74 Å². The Hall–Kier alpha value is -0.370. The van der Waals surface area contributed by atoms with E-state index in [2.05, 4.69) is 32.7 Å². The average Bonchev–Trinajstić information content (AvgIpc) is 2.61. The third-order valence-corrected chi connectivity index (χ3v) is 1.75. The van der Waals surface area contributed by atoms with Crippen molar-refractivity contribution < 1.29 is 4.74 Å². The van der Waals surface area contributed by atoms with E-state index in [-0.39, 0.29) is 0 Å². The number of hydrogen-bond donors (Lipinski definition) is 0. The first kappa shape index (κ1) is 8.72. The molecule has 1 rings (SSSR count). The number of hydrogen-bond acceptors (Lipinski definition) is 2. The van der Waals surface area contributed by atoms with Crippen LogP contribution in [0.5, 0.6) is 0 Å². The zero-order valence-electron chi connectivity index (χ0n) is 7.74. The van der Waals surface area contributed by atoms with Crippen LogP contribution < -0.4 is 0 Å². The molecule has 1 saturated heterocycles. The van der Waals surface area contributed by atoms with Gasteiger partial charge in [-0.15, -0.1) is 0 Å². The molecule has 0 radical (unpaired) electrons. The van der Waals surface area contributed by atoms with Crippen molar-refractivity contribution in [3.05, 3.63) is 0 Å². The lowest BCUT2D eigenvalue weighted by atomic mass is 10.1.